The molecule has 0 saturated carbocycles. The van der Waals surface area contributed by atoms with E-state index in [0.717, 1.165) is 10.0 Å². The first-order valence-electron chi connectivity index (χ1n) is 7.12. The van der Waals surface area contributed by atoms with Crippen LogP contribution in [-0.2, 0) is 20.9 Å². The van der Waals surface area contributed by atoms with Crippen molar-refractivity contribution in [3.63, 3.8) is 0 Å². The van der Waals surface area contributed by atoms with Gasteiger partial charge in [0.15, 0.2) is 0 Å². The summed E-state index contributed by atoms with van der Waals surface area (Å²) < 4.78 is 5.50. The number of hydrogen-bond donors (Lipinski definition) is 2. The van der Waals surface area contributed by atoms with E-state index in [0.29, 0.717) is 5.02 Å². The van der Waals surface area contributed by atoms with Crippen molar-refractivity contribution in [3.8, 4) is 0 Å². The SMILES string of the molecule is COC(=O)c1cc(Cl)ccc1NC(=O)C(=O)NCc1cccc(Br)c1. The molecule has 0 bridgehead atoms. The van der Waals surface area contributed by atoms with Gasteiger partial charge in [0.05, 0.1) is 18.4 Å². The maximum Gasteiger partial charge on any atom is 0.340 e. The third-order valence-electron chi connectivity index (χ3n) is 3.18. The average molecular weight is 426 g/mol. The number of benzene rings is 2. The van der Waals surface area contributed by atoms with E-state index in [1.54, 1.807) is 0 Å². The Morgan fingerprint density at radius 2 is 1.88 bits per heavy atom. The number of amides is 2. The molecule has 0 unspecified atom stereocenters. The van der Waals surface area contributed by atoms with Crippen LogP contribution in [0.4, 0.5) is 5.69 Å². The fourth-order valence-corrected chi connectivity index (χ4v) is 2.61. The first-order chi connectivity index (χ1) is 11.9. The van der Waals surface area contributed by atoms with E-state index in [1.165, 1.54) is 25.3 Å². The maximum absolute atomic E-state index is 12.0. The highest BCUT2D eigenvalue weighted by Gasteiger charge is 2.18. The Morgan fingerprint density at radius 3 is 2.56 bits per heavy atom. The Morgan fingerprint density at radius 1 is 1.12 bits per heavy atom. The molecule has 0 spiro atoms. The van der Waals surface area contributed by atoms with E-state index in [2.05, 4.69) is 31.3 Å². The van der Waals surface area contributed by atoms with Gasteiger partial charge in [-0.15, -0.1) is 0 Å². The van der Waals surface area contributed by atoms with Gasteiger partial charge in [0.25, 0.3) is 0 Å². The summed E-state index contributed by atoms with van der Waals surface area (Å²) >= 11 is 9.17. The van der Waals surface area contributed by atoms with Crippen LogP contribution in [-0.4, -0.2) is 24.9 Å². The standard InChI is InChI=1S/C17H14BrClN2O4/c1-25-17(24)13-8-12(19)5-6-14(13)21-16(23)15(22)20-9-10-3-2-4-11(18)7-10/h2-8H,9H2,1H3,(H,20,22)(H,21,23). The molecular weight excluding hydrogens is 412 g/mol. The third kappa shape index (κ3) is 5.30. The molecule has 0 radical (unpaired) electrons. The molecule has 0 aromatic heterocycles. The zero-order valence-corrected chi connectivity index (χ0v) is 15.5. The van der Waals surface area contributed by atoms with Gasteiger partial charge in [-0.1, -0.05) is 39.7 Å². The zero-order valence-electron chi connectivity index (χ0n) is 13.1. The number of ether oxygens (including phenoxy) is 1. The molecule has 2 aromatic carbocycles. The maximum atomic E-state index is 12.0. The number of nitrogens with one attached hydrogen (secondary N) is 2. The quantitative estimate of drug-likeness (QED) is 0.582. The van der Waals surface area contributed by atoms with Crippen LogP contribution < -0.4 is 10.6 Å². The fraction of sp³-hybridized carbons (Fsp3) is 0.118. The lowest BCUT2D eigenvalue weighted by Gasteiger charge is -2.10. The molecule has 25 heavy (non-hydrogen) atoms. The number of rotatable bonds is 4. The second-order valence-corrected chi connectivity index (χ2v) is 6.30. The van der Waals surface area contributed by atoms with Gasteiger partial charge < -0.3 is 15.4 Å². The average Bonchev–Trinajstić information content (AvgIpc) is 2.60. The highest BCUT2D eigenvalue weighted by molar-refractivity contribution is 9.10. The number of carbonyl (C=O) groups excluding carboxylic acids is 3. The summed E-state index contributed by atoms with van der Waals surface area (Å²) in [6.07, 6.45) is 0. The van der Waals surface area contributed by atoms with Crippen LogP contribution in [0.25, 0.3) is 0 Å². The van der Waals surface area contributed by atoms with Crippen molar-refractivity contribution in [3.05, 3.63) is 63.1 Å². The van der Waals surface area contributed by atoms with Crippen molar-refractivity contribution in [2.45, 2.75) is 6.54 Å². The van der Waals surface area contributed by atoms with Crippen LogP contribution in [0.3, 0.4) is 0 Å². The Bertz CT molecular complexity index is 826. The molecule has 8 heteroatoms. The summed E-state index contributed by atoms with van der Waals surface area (Å²) in [5.74, 6) is -2.40. The number of esters is 1. The third-order valence-corrected chi connectivity index (χ3v) is 3.91. The van der Waals surface area contributed by atoms with Gasteiger partial charge in [-0.05, 0) is 35.9 Å². The largest absolute Gasteiger partial charge is 0.465 e. The molecule has 2 rings (SSSR count). The second-order valence-electron chi connectivity index (χ2n) is 4.95. The van der Waals surface area contributed by atoms with Crippen LogP contribution >= 0.6 is 27.5 Å². The highest BCUT2D eigenvalue weighted by atomic mass is 79.9. The van der Waals surface area contributed by atoms with E-state index < -0.39 is 17.8 Å². The Labute approximate surface area is 157 Å². The van der Waals surface area contributed by atoms with Gasteiger partial charge in [0.1, 0.15) is 0 Å². The molecular formula is C17H14BrClN2O4. The summed E-state index contributed by atoms with van der Waals surface area (Å²) in [4.78, 5) is 35.7. The summed E-state index contributed by atoms with van der Waals surface area (Å²) in [7, 11) is 1.21. The molecule has 0 aliphatic heterocycles. The first kappa shape index (κ1) is 19.0. The minimum atomic E-state index is -0.900. The van der Waals surface area contributed by atoms with Crippen LogP contribution in [0.15, 0.2) is 46.9 Å². The molecule has 0 aliphatic carbocycles. The lowest BCUT2D eigenvalue weighted by Crippen LogP contribution is -2.35. The van der Waals surface area contributed by atoms with E-state index in [-0.39, 0.29) is 17.8 Å². The summed E-state index contributed by atoms with van der Waals surface area (Å²) in [6, 6.07) is 11.6. The predicted octanol–water partition coefficient (Wildman–Crippen LogP) is 3.14. The second kappa shape index (κ2) is 8.64. The van der Waals surface area contributed by atoms with E-state index >= 15 is 0 Å². The Hall–Kier alpha value is -2.38. The highest BCUT2D eigenvalue weighted by Crippen LogP contribution is 2.21. The van der Waals surface area contributed by atoms with E-state index in [9.17, 15) is 14.4 Å². The van der Waals surface area contributed by atoms with Crippen molar-refractivity contribution in [1.29, 1.82) is 0 Å². The molecule has 2 N–H and O–H groups in total. The Kier molecular flexibility index (Phi) is 6.55. The van der Waals surface area contributed by atoms with Crippen molar-refractivity contribution in [1.82, 2.24) is 5.32 Å². The molecule has 0 aliphatic rings. The number of methoxy groups -OCH3 is 1. The van der Waals surface area contributed by atoms with Crippen molar-refractivity contribution in [2.24, 2.45) is 0 Å². The lowest BCUT2D eigenvalue weighted by atomic mass is 10.1. The minimum absolute atomic E-state index is 0.0585. The summed E-state index contributed by atoms with van der Waals surface area (Å²) in [5, 5.41) is 5.19. The molecule has 2 aromatic rings. The van der Waals surface area contributed by atoms with E-state index in [1.807, 2.05) is 24.3 Å². The Balaban J connectivity index is 2.04. The molecule has 0 atom stereocenters. The molecule has 0 fully saturated rings. The molecule has 0 heterocycles. The van der Waals surface area contributed by atoms with Crippen LogP contribution in [0.1, 0.15) is 15.9 Å². The van der Waals surface area contributed by atoms with E-state index in [4.69, 9.17) is 11.6 Å². The van der Waals surface area contributed by atoms with Crippen LogP contribution in [0.5, 0.6) is 0 Å². The van der Waals surface area contributed by atoms with Gasteiger partial charge in [-0.3, -0.25) is 9.59 Å². The molecule has 130 valence electrons. The van der Waals surface area contributed by atoms with Crippen molar-refractivity contribution >= 4 is 51.0 Å². The van der Waals surface area contributed by atoms with Gasteiger partial charge in [-0.2, -0.15) is 0 Å². The fourth-order valence-electron chi connectivity index (χ4n) is 1.99. The zero-order chi connectivity index (χ0) is 18.4. The van der Waals surface area contributed by atoms with Crippen molar-refractivity contribution < 1.29 is 19.1 Å². The first-order valence-corrected chi connectivity index (χ1v) is 8.29. The number of hydrogen-bond acceptors (Lipinski definition) is 4. The molecule has 0 saturated heterocycles. The summed E-state index contributed by atoms with van der Waals surface area (Å²) in [5.41, 5.74) is 1.03. The van der Waals surface area contributed by atoms with Gasteiger partial charge in [-0.25, -0.2) is 4.79 Å². The topological polar surface area (TPSA) is 84.5 Å². The number of carbonyl (C=O) groups is 3. The monoisotopic (exact) mass is 424 g/mol. The molecule has 6 nitrogen and oxygen atoms in total. The predicted molar refractivity (Wildman–Crippen MR) is 97.4 cm³/mol. The normalized spacial score (nSPS) is 10.0. The van der Waals surface area contributed by atoms with Gasteiger partial charge >= 0.3 is 17.8 Å². The van der Waals surface area contributed by atoms with Crippen molar-refractivity contribution in [2.75, 3.05) is 12.4 Å². The van der Waals surface area contributed by atoms with Gasteiger partial charge in [0, 0.05) is 16.0 Å². The lowest BCUT2D eigenvalue weighted by molar-refractivity contribution is -0.136. The number of halogens is 2. The van der Waals surface area contributed by atoms with Crippen LogP contribution in [0, 0.1) is 0 Å². The number of anilines is 1. The molecule has 2 amide bonds. The van der Waals surface area contributed by atoms with Gasteiger partial charge in [0.2, 0.25) is 0 Å². The smallest absolute Gasteiger partial charge is 0.340 e. The summed E-state index contributed by atoms with van der Waals surface area (Å²) in [6.45, 7) is 0.191. The van der Waals surface area contributed by atoms with Crippen LogP contribution in [0.2, 0.25) is 5.02 Å². The minimum Gasteiger partial charge on any atom is -0.465 e.